The van der Waals surface area contributed by atoms with Crippen molar-refractivity contribution < 1.29 is 14.7 Å². The molecule has 1 aromatic heterocycles. The molecule has 0 saturated carbocycles. The van der Waals surface area contributed by atoms with E-state index in [0.717, 1.165) is 37.6 Å². The number of benzene rings is 1. The predicted octanol–water partition coefficient (Wildman–Crippen LogP) is -0.0698. The maximum Gasteiger partial charge on any atom is 0.277 e. The van der Waals surface area contributed by atoms with Gasteiger partial charge in [-0.25, -0.2) is 4.98 Å². The zero-order valence-corrected chi connectivity index (χ0v) is 16.6. The molecule has 0 spiro atoms. The number of anilines is 2. The van der Waals surface area contributed by atoms with Crippen LogP contribution >= 0.6 is 0 Å². The van der Waals surface area contributed by atoms with E-state index in [1.807, 2.05) is 38.3 Å². The third kappa shape index (κ3) is 5.20. The van der Waals surface area contributed by atoms with Crippen molar-refractivity contribution in [2.45, 2.75) is 6.54 Å². The number of aromatic nitrogens is 1. The summed E-state index contributed by atoms with van der Waals surface area (Å²) in [6, 6.07) is 14.5. The van der Waals surface area contributed by atoms with Crippen LogP contribution in [0.5, 0.6) is 0 Å². The first-order valence-electron chi connectivity index (χ1n) is 9.58. The fourth-order valence-electron chi connectivity index (χ4n) is 3.43. The molecular weight excluding hydrogens is 338 g/mol. The molecule has 3 rings (SSSR count). The standard InChI is InChI=1S/C21H29N5O/c1-23(2)19-9-7-18(8-10-19)16-24(3)21(27)17-25-12-14-26(15-13-25)20-6-4-5-11-22-20/h4-11H,12-17H2,1-3H3/p+2. The fourth-order valence-corrected chi connectivity index (χ4v) is 3.43. The molecule has 0 atom stereocenters. The molecule has 6 heteroatoms. The second-order valence-corrected chi connectivity index (χ2v) is 7.47. The number of hydrogen-bond donors (Lipinski definition) is 1. The molecule has 144 valence electrons. The summed E-state index contributed by atoms with van der Waals surface area (Å²) in [5, 5.41) is 0. The Hall–Kier alpha value is -2.60. The third-order valence-electron chi connectivity index (χ3n) is 5.20. The van der Waals surface area contributed by atoms with E-state index >= 15 is 0 Å². The normalized spacial score (nSPS) is 14.9. The highest BCUT2D eigenvalue weighted by Crippen LogP contribution is 2.13. The quantitative estimate of drug-likeness (QED) is 0.775. The molecule has 6 nitrogen and oxygen atoms in total. The number of hydrogen-bond acceptors (Lipinski definition) is 3. The second-order valence-electron chi connectivity index (χ2n) is 7.47. The van der Waals surface area contributed by atoms with Crippen molar-refractivity contribution in [3.63, 3.8) is 0 Å². The molecule has 2 N–H and O–H groups in total. The van der Waals surface area contributed by atoms with E-state index in [1.165, 1.54) is 10.6 Å². The molecule has 1 fully saturated rings. The van der Waals surface area contributed by atoms with E-state index in [-0.39, 0.29) is 5.91 Å². The Morgan fingerprint density at radius 2 is 1.78 bits per heavy atom. The molecule has 1 amide bonds. The molecule has 0 unspecified atom stereocenters. The van der Waals surface area contributed by atoms with Crippen LogP contribution in [-0.4, -0.2) is 64.7 Å². The van der Waals surface area contributed by atoms with Crippen molar-refractivity contribution in [2.75, 3.05) is 63.7 Å². The largest absolute Gasteiger partial charge is 0.378 e. The summed E-state index contributed by atoms with van der Waals surface area (Å²) in [5.74, 6) is 1.36. The number of pyridine rings is 1. The minimum Gasteiger partial charge on any atom is -0.378 e. The van der Waals surface area contributed by atoms with E-state index in [2.05, 4.69) is 51.2 Å². The Bertz CT molecular complexity index is 724. The van der Waals surface area contributed by atoms with Gasteiger partial charge in [-0.15, -0.1) is 0 Å². The minimum absolute atomic E-state index is 0.210. The number of piperazine rings is 1. The molecular formula is C21H31N5O+2. The van der Waals surface area contributed by atoms with Crippen LogP contribution in [0.25, 0.3) is 0 Å². The van der Waals surface area contributed by atoms with Gasteiger partial charge in [-0.1, -0.05) is 18.2 Å². The lowest BCUT2D eigenvalue weighted by molar-refractivity contribution is -0.892. The Kier molecular flexibility index (Phi) is 6.29. The van der Waals surface area contributed by atoms with Gasteiger partial charge >= 0.3 is 0 Å². The van der Waals surface area contributed by atoms with Crippen LogP contribution in [0.4, 0.5) is 11.5 Å². The number of nitrogens with zero attached hydrogens (tertiary/aromatic N) is 3. The molecule has 2 heterocycles. The number of carbonyl (C=O) groups excluding carboxylic acids is 1. The Morgan fingerprint density at radius 3 is 2.37 bits per heavy atom. The number of carbonyl (C=O) groups is 1. The first kappa shape index (κ1) is 19.2. The summed E-state index contributed by atoms with van der Waals surface area (Å²) >= 11 is 0. The maximum absolute atomic E-state index is 12.6. The summed E-state index contributed by atoms with van der Waals surface area (Å²) < 4.78 is 0. The van der Waals surface area contributed by atoms with E-state index in [4.69, 9.17) is 0 Å². The lowest BCUT2D eigenvalue weighted by atomic mass is 10.2. The highest BCUT2D eigenvalue weighted by Gasteiger charge is 2.27. The van der Waals surface area contributed by atoms with Crippen LogP contribution < -0.4 is 19.7 Å². The van der Waals surface area contributed by atoms with E-state index in [0.29, 0.717) is 13.1 Å². The van der Waals surface area contributed by atoms with Crippen molar-refractivity contribution >= 4 is 17.4 Å². The molecule has 1 aromatic carbocycles. The molecule has 0 aliphatic carbocycles. The number of aromatic amines is 1. The SMILES string of the molecule is CN(Cc1ccc(N(C)C)cc1)C(=O)C[NH+]1CCN(c2cccc[nH+]2)CC1. The van der Waals surface area contributed by atoms with Crippen LogP contribution in [0.2, 0.25) is 0 Å². The average molecular weight is 370 g/mol. The van der Waals surface area contributed by atoms with Gasteiger partial charge in [0.15, 0.2) is 6.54 Å². The van der Waals surface area contributed by atoms with Gasteiger partial charge in [0.05, 0.1) is 6.20 Å². The smallest absolute Gasteiger partial charge is 0.277 e. The first-order chi connectivity index (χ1) is 13.0. The lowest BCUT2D eigenvalue weighted by Crippen LogP contribution is -3.15. The lowest BCUT2D eigenvalue weighted by Gasteiger charge is -2.29. The number of quaternary nitrogens is 1. The van der Waals surface area contributed by atoms with Crippen molar-refractivity contribution in [3.05, 3.63) is 54.2 Å². The first-order valence-corrected chi connectivity index (χ1v) is 9.58. The highest BCUT2D eigenvalue weighted by molar-refractivity contribution is 5.76. The van der Waals surface area contributed by atoms with Crippen molar-refractivity contribution in [1.29, 1.82) is 0 Å². The zero-order chi connectivity index (χ0) is 19.2. The Labute approximate surface area is 162 Å². The number of H-pyrrole nitrogens is 1. The Balaban J connectivity index is 1.46. The molecule has 1 aliphatic rings. The molecule has 0 radical (unpaired) electrons. The van der Waals surface area contributed by atoms with Gasteiger partial charge in [-0.05, 0) is 23.8 Å². The van der Waals surface area contributed by atoms with Crippen LogP contribution in [0, 0.1) is 0 Å². The Morgan fingerprint density at radius 1 is 1.07 bits per heavy atom. The zero-order valence-electron chi connectivity index (χ0n) is 16.6. The number of amides is 1. The number of likely N-dealkylation sites (N-methyl/N-ethyl adjacent to an activating group) is 1. The van der Waals surface area contributed by atoms with Crippen molar-refractivity contribution in [3.8, 4) is 0 Å². The van der Waals surface area contributed by atoms with Gasteiger partial charge < -0.3 is 14.7 Å². The van der Waals surface area contributed by atoms with E-state index in [9.17, 15) is 4.79 Å². The number of rotatable bonds is 6. The maximum atomic E-state index is 12.6. The van der Waals surface area contributed by atoms with Gasteiger partial charge in [0, 0.05) is 39.4 Å². The second kappa shape index (κ2) is 8.86. The minimum atomic E-state index is 0.210. The molecule has 1 aliphatic heterocycles. The molecule has 0 bridgehead atoms. The van der Waals surface area contributed by atoms with E-state index < -0.39 is 0 Å². The van der Waals surface area contributed by atoms with E-state index in [1.54, 1.807) is 0 Å². The highest BCUT2D eigenvalue weighted by atomic mass is 16.2. The predicted molar refractivity (Wildman–Crippen MR) is 108 cm³/mol. The van der Waals surface area contributed by atoms with Gasteiger partial charge in [0.25, 0.3) is 11.7 Å². The molecule has 27 heavy (non-hydrogen) atoms. The topological polar surface area (TPSA) is 45.4 Å². The fraction of sp³-hybridized carbons (Fsp3) is 0.429. The van der Waals surface area contributed by atoms with Gasteiger partial charge in [-0.3, -0.25) is 9.69 Å². The molecule has 1 saturated heterocycles. The summed E-state index contributed by atoms with van der Waals surface area (Å²) in [5.41, 5.74) is 2.33. The average Bonchev–Trinajstić information content (AvgIpc) is 2.69. The van der Waals surface area contributed by atoms with Crippen LogP contribution in [0.3, 0.4) is 0 Å². The van der Waals surface area contributed by atoms with Crippen molar-refractivity contribution in [2.24, 2.45) is 0 Å². The van der Waals surface area contributed by atoms with Crippen LogP contribution in [-0.2, 0) is 11.3 Å². The van der Waals surface area contributed by atoms with Crippen LogP contribution in [0.1, 0.15) is 5.56 Å². The summed E-state index contributed by atoms with van der Waals surface area (Å²) in [7, 11) is 5.96. The number of nitrogens with one attached hydrogen (secondary N) is 2. The van der Waals surface area contributed by atoms with Gasteiger partial charge in [0.2, 0.25) is 0 Å². The summed E-state index contributed by atoms with van der Waals surface area (Å²) in [6.45, 7) is 5.14. The van der Waals surface area contributed by atoms with Gasteiger partial charge in [0.1, 0.15) is 26.2 Å². The summed E-state index contributed by atoms with van der Waals surface area (Å²) in [6.07, 6.45) is 1.96. The molecule has 2 aromatic rings. The monoisotopic (exact) mass is 369 g/mol. The van der Waals surface area contributed by atoms with Crippen LogP contribution in [0.15, 0.2) is 48.7 Å². The summed E-state index contributed by atoms with van der Waals surface area (Å²) in [4.78, 5) is 23.5. The third-order valence-corrected chi connectivity index (χ3v) is 5.20. The van der Waals surface area contributed by atoms with Gasteiger partial charge in [-0.2, -0.15) is 0 Å². The van der Waals surface area contributed by atoms with Crippen molar-refractivity contribution in [1.82, 2.24) is 4.90 Å².